The predicted octanol–water partition coefficient (Wildman–Crippen LogP) is 1.52. The van der Waals surface area contributed by atoms with Gasteiger partial charge in [0.2, 0.25) is 0 Å². The Morgan fingerprint density at radius 3 is 3.06 bits per heavy atom. The second-order valence-electron chi connectivity index (χ2n) is 4.50. The van der Waals surface area contributed by atoms with Gasteiger partial charge in [-0.2, -0.15) is 0 Å². The Kier molecular flexibility index (Phi) is 3.64. The van der Waals surface area contributed by atoms with Gasteiger partial charge in [0.25, 0.3) is 0 Å². The summed E-state index contributed by atoms with van der Waals surface area (Å²) in [7, 11) is 2.06. The van der Waals surface area contributed by atoms with Gasteiger partial charge in [-0.15, -0.1) is 0 Å². The number of nitrogens with two attached hydrogens (primary N) is 1. The van der Waals surface area contributed by atoms with Gasteiger partial charge >= 0.3 is 5.97 Å². The van der Waals surface area contributed by atoms with Gasteiger partial charge < -0.3 is 15.4 Å². The number of hydrogen-bond acceptors (Lipinski definition) is 4. The van der Waals surface area contributed by atoms with Crippen LogP contribution in [0.4, 0.5) is 5.69 Å². The molecule has 1 atom stereocenters. The van der Waals surface area contributed by atoms with Crippen LogP contribution in [0, 0.1) is 0 Å². The van der Waals surface area contributed by atoms with Crippen LogP contribution in [-0.2, 0) is 4.74 Å². The molecule has 4 heteroatoms. The molecule has 17 heavy (non-hydrogen) atoms. The molecular weight excluding hydrogens is 216 g/mol. The van der Waals surface area contributed by atoms with Crippen molar-refractivity contribution in [3.63, 3.8) is 0 Å². The SMILES string of the molecule is CN1CCCC1COC(=O)c1cccc(N)c1. The highest BCUT2D eigenvalue weighted by atomic mass is 16.5. The van der Waals surface area contributed by atoms with E-state index in [9.17, 15) is 4.79 Å². The zero-order chi connectivity index (χ0) is 12.3. The summed E-state index contributed by atoms with van der Waals surface area (Å²) in [6.07, 6.45) is 2.28. The average molecular weight is 234 g/mol. The minimum atomic E-state index is -0.294. The quantitative estimate of drug-likeness (QED) is 0.636. The molecule has 0 spiro atoms. The summed E-state index contributed by atoms with van der Waals surface area (Å²) in [5, 5.41) is 0. The molecule has 2 rings (SSSR count). The van der Waals surface area contributed by atoms with Crippen LogP contribution in [0.3, 0.4) is 0 Å². The van der Waals surface area contributed by atoms with Crippen LogP contribution in [0.15, 0.2) is 24.3 Å². The number of likely N-dealkylation sites (tertiary alicyclic amines) is 1. The molecule has 0 amide bonds. The maximum atomic E-state index is 11.8. The maximum Gasteiger partial charge on any atom is 0.338 e. The highest BCUT2D eigenvalue weighted by Gasteiger charge is 2.22. The molecule has 92 valence electrons. The van der Waals surface area contributed by atoms with Crippen LogP contribution < -0.4 is 5.73 Å². The van der Waals surface area contributed by atoms with Gasteiger partial charge in [-0.25, -0.2) is 4.79 Å². The summed E-state index contributed by atoms with van der Waals surface area (Å²) in [6.45, 7) is 1.55. The summed E-state index contributed by atoms with van der Waals surface area (Å²) >= 11 is 0. The van der Waals surface area contributed by atoms with Crippen molar-refractivity contribution in [2.75, 3.05) is 25.9 Å². The standard InChI is InChI=1S/C13H18N2O2/c1-15-7-3-6-12(15)9-17-13(16)10-4-2-5-11(14)8-10/h2,4-5,8,12H,3,6-7,9,14H2,1H3. The first kappa shape index (κ1) is 11.9. The van der Waals surface area contributed by atoms with Crippen molar-refractivity contribution in [1.29, 1.82) is 0 Å². The molecule has 1 aromatic rings. The molecule has 1 aliphatic rings. The van der Waals surface area contributed by atoms with E-state index in [1.54, 1.807) is 24.3 Å². The van der Waals surface area contributed by atoms with Crippen molar-refractivity contribution in [2.24, 2.45) is 0 Å². The monoisotopic (exact) mass is 234 g/mol. The fourth-order valence-electron chi connectivity index (χ4n) is 2.11. The van der Waals surface area contributed by atoms with Crippen molar-refractivity contribution in [3.05, 3.63) is 29.8 Å². The third kappa shape index (κ3) is 2.97. The lowest BCUT2D eigenvalue weighted by Crippen LogP contribution is -2.30. The molecule has 0 bridgehead atoms. The fraction of sp³-hybridized carbons (Fsp3) is 0.462. The van der Waals surface area contributed by atoms with E-state index in [2.05, 4.69) is 11.9 Å². The molecule has 1 aliphatic heterocycles. The van der Waals surface area contributed by atoms with Gasteiger partial charge in [0.05, 0.1) is 5.56 Å². The lowest BCUT2D eigenvalue weighted by molar-refractivity contribution is 0.0416. The number of rotatable bonds is 3. The van der Waals surface area contributed by atoms with Crippen LogP contribution in [0.1, 0.15) is 23.2 Å². The Morgan fingerprint density at radius 2 is 2.41 bits per heavy atom. The molecule has 4 nitrogen and oxygen atoms in total. The summed E-state index contributed by atoms with van der Waals surface area (Å²) < 4.78 is 5.30. The van der Waals surface area contributed by atoms with E-state index in [0.29, 0.717) is 23.9 Å². The van der Waals surface area contributed by atoms with E-state index >= 15 is 0 Å². The number of esters is 1. The first-order chi connectivity index (χ1) is 8.16. The predicted molar refractivity (Wildman–Crippen MR) is 66.8 cm³/mol. The van der Waals surface area contributed by atoms with Crippen molar-refractivity contribution >= 4 is 11.7 Å². The Hall–Kier alpha value is -1.55. The first-order valence-corrected chi connectivity index (χ1v) is 5.90. The number of nitrogens with zero attached hydrogens (tertiary/aromatic N) is 1. The minimum Gasteiger partial charge on any atom is -0.460 e. The molecule has 0 radical (unpaired) electrons. The van der Waals surface area contributed by atoms with Gasteiger partial charge in [-0.1, -0.05) is 6.07 Å². The molecule has 1 saturated heterocycles. The Morgan fingerprint density at radius 1 is 1.59 bits per heavy atom. The number of anilines is 1. The van der Waals surface area contributed by atoms with E-state index in [1.807, 2.05) is 0 Å². The number of carbonyl (C=O) groups is 1. The first-order valence-electron chi connectivity index (χ1n) is 5.90. The van der Waals surface area contributed by atoms with Crippen molar-refractivity contribution in [1.82, 2.24) is 4.90 Å². The molecule has 0 aromatic heterocycles. The number of benzene rings is 1. The number of likely N-dealkylation sites (N-methyl/N-ethyl adjacent to an activating group) is 1. The van der Waals surface area contributed by atoms with Gasteiger partial charge in [-0.05, 0) is 44.6 Å². The smallest absolute Gasteiger partial charge is 0.338 e. The Labute approximate surface area is 101 Å². The molecule has 1 fully saturated rings. The maximum absolute atomic E-state index is 11.8. The number of nitrogen functional groups attached to an aromatic ring is 1. The molecule has 1 heterocycles. The van der Waals surface area contributed by atoms with E-state index in [4.69, 9.17) is 10.5 Å². The average Bonchev–Trinajstić information content (AvgIpc) is 2.72. The topological polar surface area (TPSA) is 55.6 Å². The summed E-state index contributed by atoms with van der Waals surface area (Å²) in [5.41, 5.74) is 6.72. The van der Waals surface area contributed by atoms with E-state index in [-0.39, 0.29) is 5.97 Å². The van der Waals surface area contributed by atoms with Crippen LogP contribution in [0.2, 0.25) is 0 Å². The van der Waals surface area contributed by atoms with E-state index in [1.165, 1.54) is 6.42 Å². The Bertz CT molecular complexity index is 406. The molecule has 1 unspecified atom stereocenters. The molecule has 2 N–H and O–H groups in total. The van der Waals surface area contributed by atoms with Crippen LogP contribution in [0.25, 0.3) is 0 Å². The largest absolute Gasteiger partial charge is 0.460 e. The van der Waals surface area contributed by atoms with Crippen molar-refractivity contribution in [2.45, 2.75) is 18.9 Å². The zero-order valence-electron chi connectivity index (χ0n) is 10.1. The second-order valence-corrected chi connectivity index (χ2v) is 4.50. The van der Waals surface area contributed by atoms with Gasteiger partial charge in [0.15, 0.2) is 0 Å². The highest BCUT2D eigenvalue weighted by Crippen LogP contribution is 2.15. The van der Waals surface area contributed by atoms with Crippen LogP contribution >= 0.6 is 0 Å². The van der Waals surface area contributed by atoms with Gasteiger partial charge in [0, 0.05) is 11.7 Å². The molecule has 1 aromatic carbocycles. The van der Waals surface area contributed by atoms with Gasteiger partial charge in [-0.3, -0.25) is 0 Å². The Balaban J connectivity index is 1.89. The summed E-state index contributed by atoms with van der Waals surface area (Å²) in [4.78, 5) is 14.0. The third-order valence-electron chi connectivity index (χ3n) is 3.20. The zero-order valence-corrected chi connectivity index (χ0v) is 10.1. The minimum absolute atomic E-state index is 0.294. The molecular formula is C13H18N2O2. The normalized spacial score (nSPS) is 20.4. The number of hydrogen-bond donors (Lipinski definition) is 1. The van der Waals surface area contributed by atoms with Crippen molar-refractivity contribution < 1.29 is 9.53 Å². The van der Waals surface area contributed by atoms with E-state index < -0.39 is 0 Å². The third-order valence-corrected chi connectivity index (χ3v) is 3.20. The fourth-order valence-corrected chi connectivity index (χ4v) is 2.11. The number of carbonyl (C=O) groups excluding carboxylic acids is 1. The summed E-state index contributed by atoms with van der Waals surface area (Å²) in [6, 6.07) is 7.23. The molecule has 0 saturated carbocycles. The highest BCUT2D eigenvalue weighted by molar-refractivity contribution is 5.90. The molecule has 0 aliphatic carbocycles. The van der Waals surface area contributed by atoms with E-state index in [0.717, 1.165) is 13.0 Å². The summed E-state index contributed by atoms with van der Waals surface area (Å²) in [5.74, 6) is -0.294. The van der Waals surface area contributed by atoms with Crippen LogP contribution in [-0.4, -0.2) is 37.1 Å². The van der Waals surface area contributed by atoms with Crippen molar-refractivity contribution in [3.8, 4) is 0 Å². The van der Waals surface area contributed by atoms with Crippen LogP contribution in [0.5, 0.6) is 0 Å². The van der Waals surface area contributed by atoms with Gasteiger partial charge in [0.1, 0.15) is 6.61 Å². The lowest BCUT2D eigenvalue weighted by Gasteiger charge is -2.18. The number of ether oxygens (including phenoxy) is 1. The lowest BCUT2D eigenvalue weighted by atomic mass is 10.2. The second kappa shape index (κ2) is 5.19.